The lowest BCUT2D eigenvalue weighted by Gasteiger charge is -2.16. The van der Waals surface area contributed by atoms with Gasteiger partial charge in [0.1, 0.15) is 0 Å². The summed E-state index contributed by atoms with van der Waals surface area (Å²) in [4.78, 5) is 24.9. The molecule has 1 atom stereocenters. The van der Waals surface area contributed by atoms with E-state index in [4.69, 9.17) is 5.11 Å². The third kappa shape index (κ3) is 5.85. The number of hydrogen-bond acceptors (Lipinski definition) is 3. The summed E-state index contributed by atoms with van der Waals surface area (Å²) in [6.45, 7) is 1.71. The Morgan fingerprint density at radius 1 is 0.929 bits per heavy atom. The van der Waals surface area contributed by atoms with Crippen molar-refractivity contribution in [2.45, 2.75) is 25.6 Å². The molecule has 0 spiro atoms. The zero-order chi connectivity index (χ0) is 30.2. The quantitative estimate of drug-likeness (QED) is 0.202. The fourth-order valence-electron chi connectivity index (χ4n) is 4.62. The molecule has 0 bridgehead atoms. The van der Waals surface area contributed by atoms with Crippen molar-refractivity contribution >= 4 is 17.4 Å². The summed E-state index contributed by atoms with van der Waals surface area (Å²) < 4.78 is 68.1. The molecule has 0 saturated carbocycles. The summed E-state index contributed by atoms with van der Waals surface area (Å²) in [6, 6.07) is 14.9. The SMILES string of the molecule is C[C@H](NC(=O)c1cc(-c2ccc(F)c(F)c2)cn2ncc(Cc3ccc(C(F)(F)F)cc3)c12)c1ccc(C(=O)O)cc1. The van der Waals surface area contributed by atoms with E-state index < -0.39 is 41.3 Å². The second kappa shape index (κ2) is 11.1. The minimum Gasteiger partial charge on any atom is -0.478 e. The number of pyridine rings is 1. The number of fused-ring (bicyclic) bond motifs is 1. The van der Waals surface area contributed by atoms with Gasteiger partial charge in [0, 0.05) is 23.7 Å². The molecule has 0 aliphatic heterocycles. The van der Waals surface area contributed by atoms with Crippen LogP contribution in [-0.2, 0) is 12.6 Å². The van der Waals surface area contributed by atoms with Gasteiger partial charge < -0.3 is 10.4 Å². The summed E-state index contributed by atoms with van der Waals surface area (Å²) in [6.07, 6.45) is -1.27. The van der Waals surface area contributed by atoms with Crippen molar-refractivity contribution in [1.29, 1.82) is 0 Å². The molecule has 6 nitrogen and oxygen atoms in total. The van der Waals surface area contributed by atoms with Gasteiger partial charge in [-0.2, -0.15) is 18.3 Å². The topological polar surface area (TPSA) is 83.7 Å². The summed E-state index contributed by atoms with van der Waals surface area (Å²) in [7, 11) is 0. The predicted octanol–water partition coefficient (Wildman–Crippen LogP) is 7.08. The number of alkyl halides is 3. The molecule has 1 amide bonds. The van der Waals surface area contributed by atoms with E-state index in [1.54, 1.807) is 25.3 Å². The van der Waals surface area contributed by atoms with Crippen LogP contribution in [0, 0.1) is 11.6 Å². The van der Waals surface area contributed by atoms with Crippen molar-refractivity contribution in [3.63, 3.8) is 0 Å². The van der Waals surface area contributed by atoms with Gasteiger partial charge in [-0.05, 0) is 66.1 Å². The number of carbonyl (C=O) groups excluding carboxylic acids is 1. The molecular weight excluding hydrogens is 557 g/mol. The van der Waals surface area contributed by atoms with E-state index in [9.17, 15) is 31.5 Å². The van der Waals surface area contributed by atoms with E-state index >= 15 is 0 Å². The Hall–Kier alpha value is -5.06. The molecule has 5 aromatic rings. The first kappa shape index (κ1) is 28.5. The Kier molecular flexibility index (Phi) is 7.51. The van der Waals surface area contributed by atoms with Crippen molar-refractivity contribution in [3.8, 4) is 11.1 Å². The number of aromatic nitrogens is 2. The molecule has 0 unspecified atom stereocenters. The summed E-state index contributed by atoms with van der Waals surface area (Å²) in [5.74, 6) is -3.72. The number of carbonyl (C=O) groups is 2. The van der Waals surface area contributed by atoms with E-state index in [-0.39, 0.29) is 17.5 Å². The van der Waals surface area contributed by atoms with Gasteiger partial charge in [-0.25, -0.2) is 18.1 Å². The number of carboxylic acid groups (broad SMARTS) is 1. The summed E-state index contributed by atoms with van der Waals surface area (Å²) in [5.41, 5.74) is 2.24. The molecule has 0 fully saturated rings. The van der Waals surface area contributed by atoms with Gasteiger partial charge in [0.2, 0.25) is 0 Å². The highest BCUT2D eigenvalue weighted by Crippen LogP contribution is 2.31. The molecule has 11 heteroatoms. The molecule has 214 valence electrons. The third-order valence-electron chi connectivity index (χ3n) is 6.87. The first-order valence-electron chi connectivity index (χ1n) is 12.7. The molecule has 0 aliphatic carbocycles. The van der Waals surface area contributed by atoms with Crippen LogP contribution in [0.15, 0.2) is 85.2 Å². The van der Waals surface area contributed by atoms with Crippen LogP contribution in [0.5, 0.6) is 0 Å². The van der Waals surface area contributed by atoms with Crippen LogP contribution in [0.25, 0.3) is 16.6 Å². The van der Waals surface area contributed by atoms with Gasteiger partial charge in [0.15, 0.2) is 11.6 Å². The molecule has 2 heterocycles. The Morgan fingerprint density at radius 3 is 2.24 bits per heavy atom. The second-order valence-electron chi connectivity index (χ2n) is 9.73. The van der Waals surface area contributed by atoms with Gasteiger partial charge in [-0.3, -0.25) is 4.79 Å². The fraction of sp³-hybridized carbons (Fsp3) is 0.129. The number of amides is 1. The molecule has 2 aromatic heterocycles. The van der Waals surface area contributed by atoms with Crippen LogP contribution in [0.4, 0.5) is 22.0 Å². The highest BCUT2D eigenvalue weighted by molar-refractivity contribution is 6.03. The highest BCUT2D eigenvalue weighted by atomic mass is 19.4. The van der Waals surface area contributed by atoms with Gasteiger partial charge >= 0.3 is 12.1 Å². The summed E-state index contributed by atoms with van der Waals surface area (Å²) in [5, 5.41) is 16.4. The third-order valence-corrected chi connectivity index (χ3v) is 6.87. The maximum atomic E-state index is 14.0. The molecule has 3 aromatic carbocycles. The minimum atomic E-state index is -4.48. The minimum absolute atomic E-state index is 0.0883. The van der Waals surface area contributed by atoms with E-state index in [1.807, 2.05) is 0 Å². The van der Waals surface area contributed by atoms with Gasteiger partial charge in [0.25, 0.3) is 5.91 Å². The highest BCUT2D eigenvalue weighted by Gasteiger charge is 2.30. The van der Waals surface area contributed by atoms with Gasteiger partial charge in [-0.1, -0.05) is 30.3 Å². The van der Waals surface area contributed by atoms with Crippen LogP contribution >= 0.6 is 0 Å². The van der Waals surface area contributed by atoms with Gasteiger partial charge in [0.05, 0.1) is 34.4 Å². The first-order chi connectivity index (χ1) is 19.9. The Morgan fingerprint density at radius 2 is 1.62 bits per heavy atom. The van der Waals surface area contributed by atoms with E-state index in [0.717, 1.165) is 24.3 Å². The Balaban J connectivity index is 1.54. The van der Waals surface area contributed by atoms with E-state index in [0.29, 0.717) is 33.3 Å². The maximum Gasteiger partial charge on any atom is 0.416 e. The monoisotopic (exact) mass is 579 g/mol. The molecule has 42 heavy (non-hydrogen) atoms. The lowest BCUT2D eigenvalue weighted by atomic mass is 9.99. The van der Waals surface area contributed by atoms with Crippen molar-refractivity contribution in [2.24, 2.45) is 0 Å². The zero-order valence-corrected chi connectivity index (χ0v) is 21.9. The lowest BCUT2D eigenvalue weighted by Crippen LogP contribution is -2.27. The Bertz CT molecular complexity index is 1800. The fourth-order valence-corrected chi connectivity index (χ4v) is 4.62. The van der Waals surface area contributed by atoms with E-state index in [2.05, 4.69) is 10.4 Å². The standard InChI is InChI=1S/C31H22F5N3O3/c1-17(19-4-6-20(7-5-19)30(41)42)38-29(40)25-13-23(21-8-11-26(32)27(33)14-21)16-39-28(25)22(15-37-39)12-18-2-9-24(10-3-18)31(34,35)36/h2-11,13-17H,12H2,1H3,(H,38,40)(H,41,42)/t17-/m0/s1. The van der Waals surface area contributed by atoms with Crippen LogP contribution in [0.3, 0.4) is 0 Å². The molecule has 5 rings (SSSR count). The van der Waals surface area contributed by atoms with Crippen LogP contribution in [0.2, 0.25) is 0 Å². The normalized spacial score (nSPS) is 12.3. The smallest absolute Gasteiger partial charge is 0.416 e. The maximum absolute atomic E-state index is 14.0. The summed E-state index contributed by atoms with van der Waals surface area (Å²) >= 11 is 0. The lowest BCUT2D eigenvalue weighted by molar-refractivity contribution is -0.137. The van der Waals surface area contributed by atoms with Crippen LogP contribution < -0.4 is 5.32 Å². The molecule has 0 aliphatic rings. The molecule has 0 saturated heterocycles. The second-order valence-corrected chi connectivity index (χ2v) is 9.73. The Labute approximate surface area is 236 Å². The van der Waals surface area contributed by atoms with Gasteiger partial charge in [-0.15, -0.1) is 0 Å². The molecule has 2 N–H and O–H groups in total. The van der Waals surface area contributed by atoms with E-state index in [1.165, 1.54) is 47.1 Å². The zero-order valence-electron chi connectivity index (χ0n) is 21.9. The number of rotatable bonds is 7. The number of nitrogens with zero attached hydrogens (tertiary/aromatic N) is 2. The number of benzene rings is 3. The number of hydrogen-bond donors (Lipinski definition) is 2. The number of halogens is 5. The first-order valence-corrected chi connectivity index (χ1v) is 12.7. The predicted molar refractivity (Wildman–Crippen MR) is 144 cm³/mol. The van der Waals surface area contributed by atoms with Crippen molar-refractivity contribution in [2.75, 3.05) is 0 Å². The molecular formula is C31H22F5N3O3. The van der Waals surface area contributed by atoms with Crippen molar-refractivity contribution in [1.82, 2.24) is 14.9 Å². The molecule has 0 radical (unpaired) electrons. The van der Waals surface area contributed by atoms with Crippen molar-refractivity contribution in [3.05, 3.63) is 130 Å². The van der Waals surface area contributed by atoms with Crippen molar-refractivity contribution < 1.29 is 36.6 Å². The largest absolute Gasteiger partial charge is 0.478 e. The average Bonchev–Trinajstić information content (AvgIpc) is 3.36. The average molecular weight is 580 g/mol. The number of nitrogens with one attached hydrogen (secondary N) is 1. The van der Waals surface area contributed by atoms with Crippen LogP contribution in [-0.4, -0.2) is 26.6 Å². The number of aromatic carboxylic acids is 1. The van der Waals surface area contributed by atoms with Crippen LogP contribution in [0.1, 0.15) is 55.9 Å². The number of carboxylic acids is 1.